The second-order valence-electron chi connectivity index (χ2n) is 16.3. The maximum atomic E-state index is 12.8. The Kier molecular flexibility index (Phi) is 39.7. The molecule has 9 heteroatoms. The van der Waals surface area contributed by atoms with Crippen LogP contribution in [0.3, 0.4) is 0 Å². The number of nitrogens with zero attached hydrogens (tertiary/aromatic N) is 1. The Morgan fingerprint density at radius 3 is 1.43 bits per heavy atom. The fourth-order valence-corrected chi connectivity index (χ4v) is 5.77. The number of carbonyl (C=O) groups is 3. The van der Waals surface area contributed by atoms with Crippen molar-refractivity contribution >= 4 is 17.9 Å². The predicted octanol–water partition coefficient (Wildman–Crippen LogP) is 12.5. The number of quaternary nitrogens is 1. The van der Waals surface area contributed by atoms with Crippen molar-refractivity contribution in [2.45, 2.75) is 174 Å². The van der Waals surface area contributed by atoms with E-state index in [4.69, 9.17) is 18.9 Å². The van der Waals surface area contributed by atoms with Crippen LogP contribution in [0, 0.1) is 0 Å². The van der Waals surface area contributed by atoms with E-state index in [9.17, 15) is 19.5 Å². The number of unbranched alkanes of at least 4 members (excludes halogenated alkanes) is 12. The molecule has 0 radical (unpaired) electrons. The van der Waals surface area contributed by atoms with Crippen LogP contribution in [0.2, 0.25) is 0 Å². The van der Waals surface area contributed by atoms with Crippen molar-refractivity contribution < 1.29 is 42.9 Å². The van der Waals surface area contributed by atoms with Gasteiger partial charge in [-0.25, -0.2) is 4.79 Å². The van der Waals surface area contributed by atoms with E-state index in [2.05, 4.69) is 98.9 Å². The minimum Gasteiger partial charge on any atom is -0.477 e. The number of likely N-dealkylation sites (N-methyl/N-ethyl adjacent to an activating group) is 1. The maximum absolute atomic E-state index is 12.8. The van der Waals surface area contributed by atoms with E-state index in [-0.39, 0.29) is 38.6 Å². The monoisotopic (exact) mass is 841 g/mol. The Hall–Kier alpha value is -3.53. The lowest BCUT2D eigenvalue weighted by atomic mass is 10.1. The van der Waals surface area contributed by atoms with Crippen molar-refractivity contribution in [2.24, 2.45) is 0 Å². The number of carboxylic acids is 1. The van der Waals surface area contributed by atoms with Gasteiger partial charge in [0.1, 0.15) is 13.2 Å². The molecule has 0 aromatic carbocycles. The number of carboxylic acid groups (broad SMARTS) is 1. The summed E-state index contributed by atoms with van der Waals surface area (Å²) >= 11 is 0. The molecule has 0 aromatic heterocycles. The smallest absolute Gasteiger partial charge is 0.361 e. The van der Waals surface area contributed by atoms with E-state index in [1.807, 2.05) is 21.1 Å². The Labute approximate surface area is 366 Å². The molecule has 9 nitrogen and oxygen atoms in total. The molecule has 0 aliphatic heterocycles. The molecule has 0 bridgehead atoms. The van der Waals surface area contributed by atoms with Crippen molar-refractivity contribution in [3.8, 4) is 0 Å². The molecular weight excluding hydrogens is 755 g/mol. The van der Waals surface area contributed by atoms with Crippen molar-refractivity contribution in [1.29, 1.82) is 0 Å². The first-order chi connectivity index (χ1) is 29.1. The Morgan fingerprint density at radius 1 is 0.517 bits per heavy atom. The summed E-state index contributed by atoms with van der Waals surface area (Å²) in [5.74, 6) is -2.08. The molecule has 0 aromatic rings. The molecule has 0 heterocycles. The zero-order chi connectivity index (χ0) is 44.2. The van der Waals surface area contributed by atoms with E-state index in [1.165, 1.54) is 32.1 Å². The first-order valence-corrected chi connectivity index (χ1v) is 23.3. The highest BCUT2D eigenvalue weighted by molar-refractivity contribution is 5.71. The summed E-state index contributed by atoms with van der Waals surface area (Å²) in [4.78, 5) is 37.2. The first-order valence-electron chi connectivity index (χ1n) is 23.3. The van der Waals surface area contributed by atoms with Crippen LogP contribution in [0.5, 0.6) is 0 Å². The number of aliphatic carboxylic acids is 1. The number of ether oxygens (including phenoxy) is 4. The number of hydrogen-bond donors (Lipinski definition) is 1. The molecule has 0 amide bonds. The maximum Gasteiger partial charge on any atom is 0.361 e. The molecule has 2 atom stereocenters. The normalized spacial score (nSPS) is 13.7. The van der Waals surface area contributed by atoms with Crippen LogP contribution in [0.4, 0.5) is 0 Å². The topological polar surface area (TPSA) is 108 Å². The quantitative estimate of drug-likeness (QED) is 0.0213. The fourth-order valence-electron chi connectivity index (χ4n) is 5.77. The molecule has 2 unspecified atom stereocenters. The number of allylic oxidation sites excluding steroid dienone is 14. The van der Waals surface area contributed by atoms with Gasteiger partial charge < -0.3 is 28.5 Å². The summed E-state index contributed by atoms with van der Waals surface area (Å²) in [5, 5.41) is 9.64. The highest BCUT2D eigenvalue weighted by Crippen LogP contribution is 2.12. The largest absolute Gasteiger partial charge is 0.477 e. The van der Waals surface area contributed by atoms with E-state index in [0.717, 1.165) is 96.3 Å². The van der Waals surface area contributed by atoms with Gasteiger partial charge in [-0.05, 0) is 89.9 Å². The van der Waals surface area contributed by atoms with Gasteiger partial charge >= 0.3 is 17.9 Å². The number of esters is 2. The van der Waals surface area contributed by atoms with Gasteiger partial charge in [0, 0.05) is 12.8 Å². The van der Waals surface area contributed by atoms with Crippen LogP contribution in [0.25, 0.3) is 0 Å². The number of hydrogen-bond acceptors (Lipinski definition) is 7. The predicted molar refractivity (Wildman–Crippen MR) is 249 cm³/mol. The van der Waals surface area contributed by atoms with Gasteiger partial charge in [0.15, 0.2) is 6.10 Å². The molecule has 0 aliphatic carbocycles. The van der Waals surface area contributed by atoms with Crippen molar-refractivity contribution in [3.05, 3.63) is 85.1 Å². The second kappa shape index (κ2) is 42.2. The molecule has 0 aliphatic rings. The van der Waals surface area contributed by atoms with Crippen molar-refractivity contribution in [3.63, 3.8) is 0 Å². The Morgan fingerprint density at radius 2 is 0.950 bits per heavy atom. The van der Waals surface area contributed by atoms with Gasteiger partial charge in [0.2, 0.25) is 0 Å². The van der Waals surface area contributed by atoms with Gasteiger partial charge in [0.05, 0.1) is 34.4 Å². The summed E-state index contributed by atoms with van der Waals surface area (Å²) in [5.41, 5.74) is 0. The molecule has 0 rings (SSSR count). The average molecular weight is 841 g/mol. The molecule has 60 heavy (non-hydrogen) atoms. The molecule has 0 saturated carbocycles. The van der Waals surface area contributed by atoms with Crippen LogP contribution in [-0.2, 0) is 33.3 Å². The summed E-state index contributed by atoms with van der Waals surface area (Å²) < 4.78 is 22.7. The van der Waals surface area contributed by atoms with Crippen LogP contribution in [-0.4, -0.2) is 87.4 Å². The van der Waals surface area contributed by atoms with E-state index >= 15 is 0 Å². The first kappa shape index (κ1) is 56.5. The van der Waals surface area contributed by atoms with Gasteiger partial charge in [-0.2, -0.15) is 0 Å². The summed E-state index contributed by atoms with van der Waals surface area (Å²) in [7, 11) is 5.93. The second-order valence-corrected chi connectivity index (χ2v) is 16.3. The Bertz CT molecular complexity index is 1260. The zero-order valence-electron chi connectivity index (χ0n) is 38.6. The molecule has 0 saturated heterocycles. The van der Waals surface area contributed by atoms with Gasteiger partial charge in [-0.1, -0.05) is 144 Å². The standard InChI is InChI=1S/C51H85NO8/c1-6-8-10-12-14-16-18-20-22-24-25-26-28-30-32-34-36-38-40-42-49(54)60-47(46-59-51(50(55)56)57-44-43-52(3,4)5)45-58-48(53)41-39-37-35-33-31-29-27-23-21-19-17-15-13-11-9-7-2/h8,10,14,16-17,19-20,22-23,25-27,30,32,47,51H,6-7,9,11-13,15,18,21,24,28-29,31,33-46H2,1-5H3/p+1/b10-8-,16-14-,19-17-,22-20-,26-25-,27-23-,32-30-. The summed E-state index contributed by atoms with van der Waals surface area (Å²) in [6.07, 6.45) is 50.7. The van der Waals surface area contributed by atoms with Crippen LogP contribution >= 0.6 is 0 Å². The van der Waals surface area contributed by atoms with Crippen LogP contribution < -0.4 is 0 Å². The SMILES string of the molecule is CC/C=C\C/C=C\C/C=C\C/C=C\C/C=C\CCCCCC(=O)OC(COC(=O)CCCCCCC/C=C\C/C=C\CCCCCC)COC(OCC[N+](C)(C)C)C(=O)O. The zero-order valence-corrected chi connectivity index (χ0v) is 38.6. The molecule has 0 fully saturated rings. The van der Waals surface area contributed by atoms with Gasteiger partial charge in [-0.3, -0.25) is 9.59 Å². The van der Waals surface area contributed by atoms with Crippen molar-refractivity contribution in [1.82, 2.24) is 0 Å². The van der Waals surface area contributed by atoms with E-state index < -0.39 is 24.3 Å². The third-order valence-corrected chi connectivity index (χ3v) is 9.39. The Balaban J connectivity index is 4.53. The molecule has 1 N–H and O–H groups in total. The fraction of sp³-hybridized carbons (Fsp3) is 0.667. The molecule has 0 spiro atoms. The van der Waals surface area contributed by atoms with Gasteiger partial charge in [-0.15, -0.1) is 0 Å². The highest BCUT2D eigenvalue weighted by atomic mass is 16.7. The van der Waals surface area contributed by atoms with Crippen molar-refractivity contribution in [2.75, 3.05) is 47.5 Å². The average Bonchev–Trinajstić information content (AvgIpc) is 3.21. The number of carbonyl (C=O) groups excluding carboxylic acids is 2. The minimum atomic E-state index is -1.53. The molecular formula is C51H86NO8+. The number of rotatable bonds is 41. The van der Waals surface area contributed by atoms with E-state index in [0.29, 0.717) is 17.4 Å². The van der Waals surface area contributed by atoms with Crippen LogP contribution in [0.15, 0.2) is 85.1 Å². The lowest BCUT2D eigenvalue weighted by molar-refractivity contribution is -0.870. The summed E-state index contributed by atoms with van der Waals surface area (Å²) in [6.45, 7) is 4.66. The van der Waals surface area contributed by atoms with Crippen LogP contribution in [0.1, 0.15) is 162 Å². The van der Waals surface area contributed by atoms with E-state index in [1.54, 1.807) is 0 Å². The van der Waals surface area contributed by atoms with Gasteiger partial charge in [0.25, 0.3) is 6.29 Å². The minimum absolute atomic E-state index is 0.174. The highest BCUT2D eigenvalue weighted by Gasteiger charge is 2.25. The third-order valence-electron chi connectivity index (χ3n) is 9.39. The lowest BCUT2D eigenvalue weighted by Crippen LogP contribution is -2.40. The summed E-state index contributed by atoms with van der Waals surface area (Å²) in [6, 6.07) is 0. The lowest BCUT2D eigenvalue weighted by Gasteiger charge is -2.25. The molecule has 342 valence electrons. The third kappa shape index (κ3) is 42.6.